The smallest absolute Gasteiger partial charge is 0.262 e. The molecule has 0 bridgehead atoms. The topological polar surface area (TPSA) is 179 Å². The van der Waals surface area contributed by atoms with E-state index in [-0.39, 0.29) is 67.1 Å². The Morgan fingerprint density at radius 3 is 2.38 bits per heavy atom. The number of hydrogen-bond acceptors (Lipinski definition) is 12. The summed E-state index contributed by atoms with van der Waals surface area (Å²) in [6, 6.07) is 9.38. The number of carbonyl (C=O) groups excluding carboxylic acids is 5. The molecule has 61 heavy (non-hydrogen) atoms. The number of hydrogen-bond donors (Lipinski definition) is 1. The molecule has 2 aromatic carbocycles. The van der Waals surface area contributed by atoms with E-state index in [9.17, 15) is 28.8 Å². The van der Waals surface area contributed by atoms with E-state index in [1.165, 1.54) is 12.1 Å². The summed E-state index contributed by atoms with van der Waals surface area (Å²) >= 11 is 0. The molecule has 3 fully saturated rings. The zero-order valence-electron chi connectivity index (χ0n) is 34.9. The van der Waals surface area contributed by atoms with Crippen LogP contribution in [0.15, 0.2) is 59.8 Å². The van der Waals surface area contributed by atoms with Gasteiger partial charge in [-0.25, -0.2) is 0 Å². The number of carbonyl (C=O) groups is 5. The van der Waals surface area contributed by atoms with Crippen LogP contribution in [0.2, 0.25) is 0 Å². The van der Waals surface area contributed by atoms with Crippen molar-refractivity contribution < 1.29 is 42.9 Å². The largest absolute Gasteiger partial charge is 0.496 e. The molecule has 3 aliphatic heterocycles. The lowest BCUT2D eigenvalue weighted by Gasteiger charge is -2.33. The van der Waals surface area contributed by atoms with E-state index < -0.39 is 29.7 Å². The molecule has 16 heteroatoms. The monoisotopic (exact) mass is 834 g/mol. The van der Waals surface area contributed by atoms with E-state index in [4.69, 9.17) is 18.9 Å². The molecule has 1 saturated carbocycles. The lowest BCUT2D eigenvalue weighted by molar-refractivity contribution is -0.136. The third-order valence-electron chi connectivity index (χ3n) is 12.7. The molecule has 2 aromatic heterocycles. The van der Waals surface area contributed by atoms with E-state index in [2.05, 4.69) is 22.2 Å². The Bertz CT molecular complexity index is 2450. The minimum absolute atomic E-state index is 0.0497. The van der Waals surface area contributed by atoms with Crippen molar-refractivity contribution in [3.05, 3.63) is 82.0 Å². The number of likely N-dealkylation sites (tertiary alicyclic amines) is 1. The first-order valence-corrected chi connectivity index (χ1v) is 20.6. The summed E-state index contributed by atoms with van der Waals surface area (Å²) in [5.41, 5.74) is 3.18. The molecule has 2 unspecified atom stereocenters. The van der Waals surface area contributed by atoms with Crippen LogP contribution in [0.3, 0.4) is 0 Å². The Morgan fingerprint density at radius 1 is 0.918 bits per heavy atom. The highest BCUT2D eigenvalue weighted by Gasteiger charge is 2.55. The molecule has 1 aliphatic carbocycles. The summed E-state index contributed by atoms with van der Waals surface area (Å²) in [6.45, 7) is 3.64. The average molecular weight is 835 g/mol. The van der Waals surface area contributed by atoms with Crippen LogP contribution >= 0.6 is 0 Å². The van der Waals surface area contributed by atoms with Gasteiger partial charge in [0.2, 0.25) is 17.7 Å². The summed E-state index contributed by atoms with van der Waals surface area (Å²) in [4.78, 5) is 85.1. The first-order chi connectivity index (χ1) is 29.4. The molecule has 0 radical (unpaired) electrons. The van der Waals surface area contributed by atoms with Crippen LogP contribution in [0.1, 0.15) is 64.8 Å². The van der Waals surface area contributed by atoms with Gasteiger partial charge in [-0.3, -0.25) is 44.0 Å². The fourth-order valence-electron chi connectivity index (χ4n) is 9.23. The summed E-state index contributed by atoms with van der Waals surface area (Å²) < 4.78 is 24.9. The summed E-state index contributed by atoms with van der Waals surface area (Å²) in [6.07, 6.45) is 8.60. The molecular formula is C45H50N6O10. The minimum atomic E-state index is -1.03. The maximum absolute atomic E-state index is 13.1. The Kier molecular flexibility index (Phi) is 11.7. The number of aryl methyl sites for hydroxylation is 1. The summed E-state index contributed by atoms with van der Waals surface area (Å²) in [5, 5.41) is 3.55. The molecule has 5 amide bonds. The van der Waals surface area contributed by atoms with Gasteiger partial charge in [-0.2, -0.15) is 0 Å². The molecule has 5 heterocycles. The number of rotatable bonds is 15. The number of pyridine rings is 2. The molecule has 4 aliphatic rings. The minimum Gasteiger partial charge on any atom is -0.496 e. The van der Waals surface area contributed by atoms with E-state index in [0.717, 1.165) is 65.9 Å². The van der Waals surface area contributed by atoms with Gasteiger partial charge in [0.15, 0.2) is 0 Å². The maximum Gasteiger partial charge on any atom is 0.262 e. The van der Waals surface area contributed by atoms with Crippen molar-refractivity contribution in [2.75, 3.05) is 60.7 Å². The molecule has 1 N–H and O–H groups in total. The predicted molar refractivity (Wildman–Crippen MR) is 222 cm³/mol. The fraction of sp³-hybridized carbons (Fsp3) is 0.444. The standard InChI is InChI=1S/C45H50N6O10/c1-48(25-35-37(58-3)19-27(20-38(35)59-4)34-26-49(2)42(55)33-23-46-13-9-30(33)34)24-28-22-45(28)11-14-50(15-12-45)40(53)10-16-60-17-18-61-29-5-6-31-32(21-29)44(57)51(43(31)56)36-7-8-39(52)47-41(36)54/h5-6,9,13,19-21,23,26,28,36H,7-8,10-12,14-18,22,24-25H2,1-4H3,(H,47,52,54). The van der Waals surface area contributed by atoms with Gasteiger partial charge in [-0.15, -0.1) is 0 Å². The molecule has 2 atom stereocenters. The second-order valence-electron chi connectivity index (χ2n) is 16.4. The number of benzene rings is 2. The van der Waals surface area contributed by atoms with Crippen molar-refractivity contribution in [3.63, 3.8) is 0 Å². The molecular weight excluding hydrogens is 785 g/mol. The van der Waals surface area contributed by atoms with E-state index >= 15 is 0 Å². The second kappa shape index (κ2) is 17.1. The van der Waals surface area contributed by atoms with Crippen molar-refractivity contribution in [3.8, 4) is 28.4 Å². The van der Waals surface area contributed by atoms with Gasteiger partial charge in [0.1, 0.15) is 29.9 Å². The maximum atomic E-state index is 13.1. The van der Waals surface area contributed by atoms with Crippen LogP contribution in [-0.2, 0) is 32.7 Å². The molecule has 16 nitrogen and oxygen atoms in total. The number of aromatic nitrogens is 2. The number of piperidine rings is 2. The molecule has 320 valence electrons. The number of fused-ring (bicyclic) bond motifs is 2. The molecule has 1 spiro atoms. The van der Waals surface area contributed by atoms with Crippen LogP contribution in [0.5, 0.6) is 17.2 Å². The first kappa shape index (κ1) is 41.6. The lowest BCUT2D eigenvalue weighted by atomic mass is 9.90. The van der Waals surface area contributed by atoms with Gasteiger partial charge in [-0.05, 0) is 91.4 Å². The predicted octanol–water partition coefficient (Wildman–Crippen LogP) is 3.57. The molecule has 4 aromatic rings. The van der Waals surface area contributed by atoms with Crippen LogP contribution in [-0.4, -0.2) is 121 Å². The van der Waals surface area contributed by atoms with E-state index in [0.29, 0.717) is 35.1 Å². The van der Waals surface area contributed by atoms with Gasteiger partial charge >= 0.3 is 0 Å². The van der Waals surface area contributed by atoms with Crippen molar-refractivity contribution in [1.29, 1.82) is 0 Å². The Balaban J connectivity index is 0.768. The summed E-state index contributed by atoms with van der Waals surface area (Å²) in [5.74, 6) is 0.131. The lowest BCUT2D eigenvalue weighted by Crippen LogP contribution is -2.54. The number of nitrogens with zero attached hydrogens (tertiary/aromatic N) is 5. The molecule has 2 saturated heterocycles. The van der Waals surface area contributed by atoms with Crippen molar-refractivity contribution in [2.45, 2.75) is 51.1 Å². The highest BCUT2D eigenvalue weighted by atomic mass is 16.5. The zero-order valence-corrected chi connectivity index (χ0v) is 34.9. The van der Waals surface area contributed by atoms with Crippen LogP contribution in [0.4, 0.5) is 0 Å². The average Bonchev–Trinajstić information content (AvgIpc) is 3.85. The highest BCUT2D eigenvalue weighted by Crippen LogP contribution is 2.59. The van der Waals surface area contributed by atoms with Crippen LogP contribution in [0, 0.1) is 11.3 Å². The number of methoxy groups -OCH3 is 2. The second-order valence-corrected chi connectivity index (χ2v) is 16.4. The van der Waals surface area contributed by atoms with Gasteiger partial charge in [0, 0.05) is 63.8 Å². The zero-order chi connectivity index (χ0) is 43.0. The number of amides is 5. The van der Waals surface area contributed by atoms with E-state index in [1.807, 2.05) is 29.3 Å². The fourth-order valence-corrected chi connectivity index (χ4v) is 9.23. The van der Waals surface area contributed by atoms with Crippen molar-refractivity contribution in [2.24, 2.45) is 18.4 Å². The van der Waals surface area contributed by atoms with Crippen molar-refractivity contribution in [1.82, 2.24) is 29.6 Å². The van der Waals surface area contributed by atoms with Gasteiger partial charge in [0.05, 0.1) is 55.9 Å². The normalized spacial score (nSPS) is 19.4. The Labute approximate surface area is 352 Å². The quantitative estimate of drug-likeness (QED) is 0.136. The number of nitrogens with one attached hydrogen (secondary N) is 1. The number of imide groups is 2. The third-order valence-corrected chi connectivity index (χ3v) is 12.7. The van der Waals surface area contributed by atoms with Gasteiger partial charge < -0.3 is 33.3 Å². The van der Waals surface area contributed by atoms with E-state index in [1.54, 1.807) is 44.3 Å². The van der Waals surface area contributed by atoms with Crippen molar-refractivity contribution >= 4 is 40.3 Å². The first-order valence-electron chi connectivity index (χ1n) is 20.6. The van der Waals surface area contributed by atoms with Gasteiger partial charge in [-0.1, -0.05) is 0 Å². The summed E-state index contributed by atoms with van der Waals surface area (Å²) in [7, 11) is 7.17. The molecule has 8 rings (SSSR count). The Morgan fingerprint density at radius 2 is 1.66 bits per heavy atom. The highest BCUT2D eigenvalue weighted by molar-refractivity contribution is 6.23. The number of ether oxygens (including phenoxy) is 4. The SMILES string of the molecule is COc1cc(-c2cn(C)c(=O)c3cnccc23)cc(OC)c1CN(C)CC1CC12CCN(C(=O)CCOCCOc1ccc3c(c1)C(=O)N(C1CCC(=O)NC1=O)C3=O)CC2. The van der Waals surface area contributed by atoms with Gasteiger partial charge in [0.25, 0.3) is 17.4 Å². The Hall–Kier alpha value is -6.13. The third kappa shape index (κ3) is 8.21. The van der Waals surface area contributed by atoms with Crippen LogP contribution < -0.4 is 25.1 Å². The van der Waals surface area contributed by atoms with Crippen LogP contribution in [0.25, 0.3) is 21.9 Å².